The Morgan fingerprint density at radius 2 is 0.880 bits per heavy atom. The summed E-state index contributed by atoms with van der Waals surface area (Å²) < 4.78 is 15.8. The summed E-state index contributed by atoms with van der Waals surface area (Å²) in [5.74, 6) is 1.65. The number of pyridine rings is 3. The van der Waals surface area contributed by atoms with Gasteiger partial charge in [-0.25, -0.2) is 15.0 Å². The molecule has 0 atom stereocenters. The standard InChI is InChI=1S/C18H18N3O3P/c1-22-13-7-4-10-16(19-13)25(17-11-5-8-14(20-17)23-2)18-12-6-9-15(21-18)24-3/h4-12H,1-3H3. The molecule has 0 aliphatic rings. The predicted molar refractivity (Wildman–Crippen MR) is 98.2 cm³/mol. The summed E-state index contributed by atoms with van der Waals surface area (Å²) in [6, 6.07) is 17.0. The number of methoxy groups -OCH3 is 3. The first-order chi connectivity index (χ1) is 12.2. The van der Waals surface area contributed by atoms with Gasteiger partial charge in [-0.1, -0.05) is 18.2 Å². The highest BCUT2D eigenvalue weighted by Gasteiger charge is 2.22. The Balaban J connectivity index is 2.16. The summed E-state index contributed by atoms with van der Waals surface area (Å²) >= 11 is 0. The van der Waals surface area contributed by atoms with E-state index in [4.69, 9.17) is 14.2 Å². The van der Waals surface area contributed by atoms with Gasteiger partial charge in [0.15, 0.2) is 0 Å². The van der Waals surface area contributed by atoms with E-state index in [0.717, 1.165) is 16.3 Å². The van der Waals surface area contributed by atoms with Crippen molar-refractivity contribution in [1.82, 2.24) is 15.0 Å². The lowest BCUT2D eigenvalue weighted by Gasteiger charge is -2.17. The van der Waals surface area contributed by atoms with Gasteiger partial charge in [0.1, 0.15) is 0 Å². The fourth-order valence-electron chi connectivity index (χ4n) is 2.28. The maximum absolute atomic E-state index is 5.28. The minimum absolute atomic E-state index is 0.552. The SMILES string of the molecule is COc1cccc(P(c2cccc(OC)n2)c2cccc(OC)n2)n1. The van der Waals surface area contributed by atoms with Crippen LogP contribution in [0.25, 0.3) is 0 Å². The van der Waals surface area contributed by atoms with Gasteiger partial charge in [0, 0.05) is 26.1 Å². The molecule has 3 rings (SSSR count). The van der Waals surface area contributed by atoms with E-state index in [1.54, 1.807) is 21.3 Å². The van der Waals surface area contributed by atoms with Gasteiger partial charge in [-0.2, -0.15) is 0 Å². The fraction of sp³-hybridized carbons (Fsp3) is 0.167. The van der Waals surface area contributed by atoms with Crippen LogP contribution in [0, 0.1) is 0 Å². The van der Waals surface area contributed by atoms with E-state index in [1.165, 1.54) is 0 Å². The molecule has 128 valence electrons. The molecular weight excluding hydrogens is 337 g/mol. The Bertz CT molecular complexity index is 747. The number of aromatic nitrogens is 3. The van der Waals surface area contributed by atoms with E-state index < -0.39 is 7.92 Å². The second-order valence-electron chi connectivity index (χ2n) is 4.95. The molecule has 7 heteroatoms. The fourth-order valence-corrected chi connectivity index (χ4v) is 4.28. The van der Waals surface area contributed by atoms with Gasteiger partial charge in [0.25, 0.3) is 0 Å². The van der Waals surface area contributed by atoms with Gasteiger partial charge in [-0.05, 0) is 18.2 Å². The largest absolute Gasteiger partial charge is 0.481 e. The van der Waals surface area contributed by atoms with Crippen molar-refractivity contribution < 1.29 is 14.2 Å². The molecule has 0 saturated carbocycles. The average molecular weight is 355 g/mol. The first-order valence-corrected chi connectivity index (χ1v) is 8.92. The topological polar surface area (TPSA) is 66.4 Å². The lowest BCUT2D eigenvalue weighted by atomic mass is 10.5. The minimum Gasteiger partial charge on any atom is -0.481 e. The summed E-state index contributed by atoms with van der Waals surface area (Å²) in [5, 5.41) is 0. The summed E-state index contributed by atoms with van der Waals surface area (Å²) in [5.41, 5.74) is 2.53. The van der Waals surface area contributed by atoms with Crippen molar-refractivity contribution in [3.63, 3.8) is 0 Å². The number of hydrogen-bond donors (Lipinski definition) is 0. The maximum atomic E-state index is 5.28. The predicted octanol–water partition coefficient (Wildman–Crippen LogP) is 1.66. The van der Waals surface area contributed by atoms with Crippen LogP contribution in [0.15, 0.2) is 54.6 Å². The third kappa shape index (κ3) is 3.86. The van der Waals surface area contributed by atoms with Crippen LogP contribution in [0.2, 0.25) is 0 Å². The minimum atomic E-state index is -1.09. The molecule has 0 radical (unpaired) electrons. The third-order valence-electron chi connectivity index (χ3n) is 3.44. The molecule has 0 bridgehead atoms. The van der Waals surface area contributed by atoms with E-state index in [1.807, 2.05) is 54.6 Å². The van der Waals surface area contributed by atoms with Crippen molar-refractivity contribution >= 4 is 24.2 Å². The van der Waals surface area contributed by atoms with E-state index in [0.29, 0.717) is 17.6 Å². The monoisotopic (exact) mass is 355 g/mol. The van der Waals surface area contributed by atoms with Crippen LogP contribution in [0.5, 0.6) is 17.6 Å². The zero-order chi connectivity index (χ0) is 17.6. The Kier molecular flexibility index (Phi) is 5.41. The van der Waals surface area contributed by atoms with Gasteiger partial charge in [-0.3, -0.25) is 0 Å². The number of rotatable bonds is 6. The molecule has 0 amide bonds. The van der Waals surface area contributed by atoms with Crippen LogP contribution in [-0.2, 0) is 0 Å². The van der Waals surface area contributed by atoms with Crippen LogP contribution in [0.3, 0.4) is 0 Å². The Labute approximate surface area is 147 Å². The van der Waals surface area contributed by atoms with E-state index in [9.17, 15) is 0 Å². The molecule has 0 aliphatic heterocycles. The molecule has 3 aromatic heterocycles. The first-order valence-electron chi connectivity index (χ1n) is 7.58. The summed E-state index contributed by atoms with van der Waals surface area (Å²) in [7, 11) is 3.71. The average Bonchev–Trinajstić information content (AvgIpc) is 2.68. The molecule has 0 aromatic carbocycles. The number of hydrogen-bond acceptors (Lipinski definition) is 6. The molecule has 0 unspecified atom stereocenters. The Morgan fingerprint density at radius 3 is 1.16 bits per heavy atom. The lowest BCUT2D eigenvalue weighted by Crippen LogP contribution is -2.26. The van der Waals surface area contributed by atoms with Crippen molar-refractivity contribution in [1.29, 1.82) is 0 Å². The van der Waals surface area contributed by atoms with Crippen molar-refractivity contribution in [2.24, 2.45) is 0 Å². The van der Waals surface area contributed by atoms with Crippen LogP contribution in [0.4, 0.5) is 0 Å². The molecular formula is C18H18N3O3P. The van der Waals surface area contributed by atoms with Gasteiger partial charge < -0.3 is 14.2 Å². The second-order valence-corrected chi connectivity index (χ2v) is 7.00. The van der Waals surface area contributed by atoms with Gasteiger partial charge in [0.2, 0.25) is 17.6 Å². The van der Waals surface area contributed by atoms with Crippen molar-refractivity contribution in [3.8, 4) is 17.6 Å². The van der Waals surface area contributed by atoms with Gasteiger partial charge in [-0.15, -0.1) is 0 Å². The lowest BCUT2D eigenvalue weighted by molar-refractivity contribution is 0.399. The maximum Gasteiger partial charge on any atom is 0.213 e. The quantitative estimate of drug-likeness (QED) is 0.627. The molecule has 0 saturated heterocycles. The first kappa shape index (κ1) is 17.1. The van der Waals surface area contributed by atoms with Crippen molar-refractivity contribution in [2.45, 2.75) is 0 Å². The van der Waals surface area contributed by atoms with Gasteiger partial charge in [0.05, 0.1) is 37.6 Å². The van der Waals surface area contributed by atoms with E-state index in [-0.39, 0.29) is 0 Å². The highest BCUT2D eigenvalue weighted by molar-refractivity contribution is 7.79. The summed E-state index contributed by atoms with van der Waals surface area (Å²) in [4.78, 5) is 13.8. The highest BCUT2D eigenvalue weighted by Crippen LogP contribution is 2.32. The molecule has 0 aliphatic carbocycles. The van der Waals surface area contributed by atoms with Crippen LogP contribution >= 0.6 is 7.92 Å². The highest BCUT2D eigenvalue weighted by atomic mass is 31.1. The van der Waals surface area contributed by atoms with Gasteiger partial charge >= 0.3 is 0 Å². The van der Waals surface area contributed by atoms with Crippen LogP contribution in [-0.4, -0.2) is 36.3 Å². The normalized spacial score (nSPS) is 10.6. The summed E-state index contributed by atoms with van der Waals surface area (Å²) in [6.07, 6.45) is 0. The van der Waals surface area contributed by atoms with E-state index >= 15 is 0 Å². The Morgan fingerprint density at radius 1 is 0.560 bits per heavy atom. The van der Waals surface area contributed by atoms with Crippen molar-refractivity contribution in [2.75, 3.05) is 21.3 Å². The molecule has 0 spiro atoms. The molecule has 25 heavy (non-hydrogen) atoms. The van der Waals surface area contributed by atoms with Crippen molar-refractivity contribution in [3.05, 3.63) is 54.6 Å². The number of nitrogens with zero attached hydrogens (tertiary/aromatic N) is 3. The molecule has 6 nitrogen and oxygen atoms in total. The van der Waals surface area contributed by atoms with Crippen LogP contribution in [0.1, 0.15) is 0 Å². The summed E-state index contributed by atoms with van der Waals surface area (Å²) in [6.45, 7) is 0. The Hall–Kier alpha value is -2.72. The molecule has 3 heterocycles. The number of ether oxygens (including phenoxy) is 3. The van der Waals surface area contributed by atoms with E-state index in [2.05, 4.69) is 15.0 Å². The smallest absolute Gasteiger partial charge is 0.213 e. The zero-order valence-electron chi connectivity index (χ0n) is 14.2. The molecule has 3 aromatic rings. The second kappa shape index (κ2) is 7.90. The zero-order valence-corrected chi connectivity index (χ0v) is 15.1. The van der Waals surface area contributed by atoms with Crippen LogP contribution < -0.4 is 30.5 Å². The molecule has 0 N–H and O–H groups in total. The third-order valence-corrected chi connectivity index (χ3v) is 5.56. The molecule has 0 fully saturated rings.